The van der Waals surface area contributed by atoms with Crippen LogP contribution in [0.5, 0.6) is 11.5 Å². The van der Waals surface area contributed by atoms with Crippen LogP contribution in [0.1, 0.15) is 36.8 Å². The van der Waals surface area contributed by atoms with Crippen LogP contribution < -0.4 is 20.1 Å². The van der Waals surface area contributed by atoms with Crippen molar-refractivity contribution in [3.8, 4) is 11.5 Å². The van der Waals surface area contributed by atoms with Crippen molar-refractivity contribution in [1.82, 2.24) is 10.2 Å². The van der Waals surface area contributed by atoms with Crippen LogP contribution in [0.3, 0.4) is 0 Å². The summed E-state index contributed by atoms with van der Waals surface area (Å²) in [5.74, 6) is -1.22. The van der Waals surface area contributed by atoms with E-state index < -0.39 is 12.1 Å². The van der Waals surface area contributed by atoms with Gasteiger partial charge in [-0.05, 0) is 81.6 Å². The summed E-state index contributed by atoms with van der Waals surface area (Å²) in [6.45, 7) is 3.08. The normalized spacial score (nSPS) is 22.9. The van der Waals surface area contributed by atoms with E-state index in [4.69, 9.17) is 19.4 Å². The van der Waals surface area contributed by atoms with Crippen molar-refractivity contribution in [2.75, 3.05) is 33.1 Å². The van der Waals surface area contributed by atoms with E-state index in [0.29, 0.717) is 6.04 Å². The van der Waals surface area contributed by atoms with Gasteiger partial charge >= 0.3 is 18.2 Å². The van der Waals surface area contributed by atoms with E-state index in [0.717, 1.165) is 55.0 Å². The summed E-state index contributed by atoms with van der Waals surface area (Å²) in [7, 11) is 5.55. The molecule has 4 rings (SSSR count). The minimum Gasteiger partial charge on any atom is -0.493 e. The van der Waals surface area contributed by atoms with Crippen LogP contribution in [-0.4, -0.2) is 68.1 Å². The molecule has 2 aromatic carbocycles. The Morgan fingerprint density at radius 1 is 1.08 bits per heavy atom. The Balaban J connectivity index is 0.000000505. The zero-order valence-corrected chi connectivity index (χ0v) is 21.9. The van der Waals surface area contributed by atoms with Gasteiger partial charge in [-0.25, -0.2) is 9.59 Å². The maximum absolute atomic E-state index is 12.6. The number of anilines is 1. The first-order valence-electron chi connectivity index (χ1n) is 12.3. The summed E-state index contributed by atoms with van der Waals surface area (Å²) >= 11 is 0. The second kappa shape index (κ2) is 11.9. The van der Waals surface area contributed by atoms with Crippen molar-refractivity contribution in [1.29, 1.82) is 0 Å². The molecule has 0 spiro atoms. The topological polar surface area (TPSA) is 100 Å². The molecule has 3 unspecified atom stereocenters. The van der Waals surface area contributed by atoms with E-state index in [2.05, 4.69) is 34.7 Å². The standard InChI is InChI=1S/C25H33N3O3.C2HF3O2/c1-17-6-5-7-19(14-17)26-24(29)27-20-10-11-25(12-13-28(2)23(25)16-20)18-8-9-21(30-3)22(15-18)31-4;3-2(4,5)1(6)7/h5-9,14-15,20,23H,10-13,16H2,1-4H3,(H2,26,27,29);(H,6,7). The summed E-state index contributed by atoms with van der Waals surface area (Å²) in [6, 6.07) is 14.6. The Morgan fingerprint density at radius 2 is 1.76 bits per heavy atom. The minimum absolute atomic E-state index is 0.0828. The zero-order valence-electron chi connectivity index (χ0n) is 21.9. The third-order valence-electron chi connectivity index (χ3n) is 7.34. The highest BCUT2D eigenvalue weighted by Gasteiger charge is 2.50. The number of nitrogens with one attached hydrogen (secondary N) is 2. The third kappa shape index (κ3) is 6.69. The summed E-state index contributed by atoms with van der Waals surface area (Å²) in [5, 5.41) is 13.3. The number of carbonyl (C=O) groups is 2. The molecular formula is C27H34F3N3O5. The molecular weight excluding hydrogens is 503 g/mol. The fraction of sp³-hybridized carbons (Fsp3) is 0.481. The Labute approximate surface area is 220 Å². The molecule has 11 heteroatoms. The maximum atomic E-state index is 12.6. The molecule has 2 amide bonds. The first-order valence-corrected chi connectivity index (χ1v) is 12.3. The first-order chi connectivity index (χ1) is 17.9. The number of rotatable bonds is 5. The number of likely N-dealkylation sites (tertiary alicyclic amines) is 1. The minimum atomic E-state index is -5.08. The summed E-state index contributed by atoms with van der Waals surface area (Å²) in [6.07, 6.45) is -1.04. The number of urea groups is 1. The summed E-state index contributed by atoms with van der Waals surface area (Å²) in [4.78, 5) is 23.9. The molecule has 0 bridgehead atoms. The van der Waals surface area contributed by atoms with E-state index in [1.165, 1.54) is 5.56 Å². The lowest BCUT2D eigenvalue weighted by molar-refractivity contribution is -0.192. The molecule has 208 valence electrons. The molecule has 8 nitrogen and oxygen atoms in total. The van der Waals surface area contributed by atoms with Crippen LogP contribution in [0.2, 0.25) is 0 Å². The summed E-state index contributed by atoms with van der Waals surface area (Å²) in [5.41, 5.74) is 3.34. The monoisotopic (exact) mass is 537 g/mol. The lowest BCUT2D eigenvalue weighted by atomic mass is 9.65. The van der Waals surface area contributed by atoms with Crippen molar-refractivity contribution >= 4 is 17.7 Å². The summed E-state index contributed by atoms with van der Waals surface area (Å²) < 4.78 is 42.7. The van der Waals surface area contributed by atoms with Crippen molar-refractivity contribution in [3.05, 3.63) is 53.6 Å². The number of aliphatic carboxylic acids is 1. The van der Waals surface area contributed by atoms with Crippen molar-refractivity contribution < 1.29 is 37.3 Å². The van der Waals surface area contributed by atoms with Crippen LogP contribution in [-0.2, 0) is 10.2 Å². The number of carboxylic acids is 1. The van der Waals surface area contributed by atoms with Crippen LogP contribution in [0.15, 0.2) is 42.5 Å². The molecule has 1 aliphatic heterocycles. The maximum Gasteiger partial charge on any atom is 0.490 e. The second-order valence-electron chi connectivity index (χ2n) is 9.71. The van der Waals surface area contributed by atoms with Gasteiger partial charge in [0.25, 0.3) is 0 Å². The number of hydrogen-bond donors (Lipinski definition) is 3. The third-order valence-corrected chi connectivity index (χ3v) is 7.34. The SMILES string of the molecule is COc1ccc(C23CCC(NC(=O)Nc4cccc(C)c4)CC2N(C)CC3)cc1OC.O=C(O)C(F)(F)F. The average Bonchev–Trinajstić information content (AvgIpc) is 3.20. The van der Waals surface area contributed by atoms with E-state index in [1.54, 1.807) is 14.2 Å². The van der Waals surface area contributed by atoms with Crippen LogP contribution in [0.4, 0.5) is 23.7 Å². The molecule has 2 aromatic rings. The highest BCUT2D eigenvalue weighted by molar-refractivity contribution is 5.89. The van der Waals surface area contributed by atoms with Crippen molar-refractivity contribution in [2.24, 2.45) is 0 Å². The highest BCUT2D eigenvalue weighted by atomic mass is 19.4. The predicted molar refractivity (Wildman–Crippen MR) is 137 cm³/mol. The largest absolute Gasteiger partial charge is 0.493 e. The molecule has 2 fully saturated rings. The molecule has 1 saturated heterocycles. The van der Waals surface area contributed by atoms with E-state index >= 15 is 0 Å². The van der Waals surface area contributed by atoms with Gasteiger partial charge in [-0.1, -0.05) is 18.2 Å². The molecule has 3 atom stereocenters. The van der Waals surface area contributed by atoms with E-state index in [1.807, 2.05) is 37.3 Å². The fourth-order valence-corrected chi connectivity index (χ4v) is 5.47. The number of carbonyl (C=O) groups excluding carboxylic acids is 1. The number of ether oxygens (including phenoxy) is 2. The van der Waals surface area contributed by atoms with Crippen molar-refractivity contribution in [3.63, 3.8) is 0 Å². The quantitative estimate of drug-likeness (QED) is 0.499. The molecule has 1 heterocycles. The van der Waals surface area contributed by atoms with E-state index in [9.17, 15) is 18.0 Å². The van der Waals surface area contributed by atoms with E-state index in [-0.39, 0.29) is 17.5 Å². The lowest BCUT2D eigenvalue weighted by Gasteiger charge is -2.45. The Kier molecular flexibility index (Phi) is 9.14. The number of halogens is 3. The molecule has 2 aliphatic rings. The highest BCUT2D eigenvalue weighted by Crippen LogP contribution is 2.49. The fourth-order valence-electron chi connectivity index (χ4n) is 5.47. The van der Waals surface area contributed by atoms with Crippen molar-refractivity contribution in [2.45, 2.75) is 56.3 Å². The molecule has 3 N–H and O–H groups in total. The average molecular weight is 538 g/mol. The number of alkyl halides is 3. The van der Waals surface area contributed by atoms with Gasteiger partial charge in [0.1, 0.15) is 0 Å². The number of fused-ring (bicyclic) bond motifs is 1. The zero-order chi connectivity index (χ0) is 28.1. The van der Waals surface area contributed by atoms with Gasteiger partial charge in [-0.15, -0.1) is 0 Å². The molecule has 38 heavy (non-hydrogen) atoms. The van der Waals surface area contributed by atoms with Gasteiger partial charge in [0.05, 0.1) is 14.2 Å². The molecule has 0 radical (unpaired) electrons. The number of amides is 2. The molecule has 1 saturated carbocycles. The number of hydrogen-bond acceptors (Lipinski definition) is 5. The number of benzene rings is 2. The number of nitrogens with zero attached hydrogens (tertiary/aromatic N) is 1. The Hall–Kier alpha value is -3.47. The number of carboxylic acid groups (broad SMARTS) is 1. The number of aryl methyl sites for hydroxylation is 1. The first kappa shape index (κ1) is 29.1. The smallest absolute Gasteiger partial charge is 0.490 e. The van der Waals surface area contributed by atoms with Crippen LogP contribution >= 0.6 is 0 Å². The Bertz CT molecular complexity index is 1140. The number of likely N-dealkylation sites (N-methyl/N-ethyl adjacent to an activating group) is 1. The van der Waals surface area contributed by atoms with Gasteiger partial charge in [0.2, 0.25) is 0 Å². The Morgan fingerprint density at radius 3 is 2.37 bits per heavy atom. The second-order valence-corrected chi connectivity index (χ2v) is 9.71. The van der Waals surface area contributed by atoms with Gasteiger partial charge in [-0.3, -0.25) is 0 Å². The van der Waals surface area contributed by atoms with Gasteiger partial charge in [0, 0.05) is 23.2 Å². The van der Waals surface area contributed by atoms with Crippen LogP contribution in [0.25, 0.3) is 0 Å². The van der Waals surface area contributed by atoms with Gasteiger partial charge in [0.15, 0.2) is 11.5 Å². The van der Waals surface area contributed by atoms with Gasteiger partial charge in [-0.2, -0.15) is 13.2 Å². The van der Waals surface area contributed by atoms with Gasteiger partial charge < -0.3 is 30.1 Å². The lowest BCUT2D eigenvalue weighted by Crippen LogP contribution is -2.52. The predicted octanol–water partition coefficient (Wildman–Crippen LogP) is 4.96. The number of methoxy groups -OCH3 is 2. The molecule has 1 aliphatic carbocycles. The molecule has 0 aromatic heterocycles. The van der Waals surface area contributed by atoms with Crippen LogP contribution in [0, 0.1) is 6.92 Å².